The van der Waals surface area contributed by atoms with Gasteiger partial charge in [0.1, 0.15) is 6.61 Å². The Morgan fingerprint density at radius 1 is 0.397 bits per heavy atom. The van der Waals surface area contributed by atoms with Gasteiger partial charge in [0.2, 0.25) is 0 Å². The van der Waals surface area contributed by atoms with Crippen molar-refractivity contribution < 1.29 is 23.8 Å². The Morgan fingerprint density at radius 2 is 0.776 bits per heavy atom. The zero-order valence-electron chi connectivity index (χ0n) is 38.0. The minimum Gasteiger partial charge on any atom is -0.462 e. The molecule has 0 aliphatic heterocycles. The van der Waals surface area contributed by atoms with Gasteiger partial charge in [-0.15, -0.1) is 0 Å². The fourth-order valence-electron chi connectivity index (χ4n) is 6.33. The van der Waals surface area contributed by atoms with E-state index in [-0.39, 0.29) is 25.2 Å². The third kappa shape index (κ3) is 45.8. The van der Waals surface area contributed by atoms with Gasteiger partial charge in [0.15, 0.2) is 6.10 Å². The molecule has 0 radical (unpaired) electrons. The Balaban J connectivity index is 4.22. The molecule has 0 amide bonds. The van der Waals surface area contributed by atoms with Crippen molar-refractivity contribution in [2.24, 2.45) is 0 Å². The van der Waals surface area contributed by atoms with Crippen molar-refractivity contribution in [1.82, 2.24) is 0 Å². The van der Waals surface area contributed by atoms with Crippen LogP contribution < -0.4 is 0 Å². The van der Waals surface area contributed by atoms with Crippen molar-refractivity contribution in [3.05, 3.63) is 85.1 Å². The minimum atomic E-state index is -0.555. The van der Waals surface area contributed by atoms with Crippen LogP contribution in [0.5, 0.6) is 0 Å². The molecule has 0 saturated heterocycles. The average molecular weight is 807 g/mol. The second-order valence-corrected chi connectivity index (χ2v) is 15.6. The Kier molecular flexibility index (Phi) is 46.0. The first kappa shape index (κ1) is 55.1. The second kappa shape index (κ2) is 48.4. The standard InChI is InChI=1S/C53H90O5/c1-4-7-10-13-16-18-20-22-24-25-26-27-28-30-32-34-36-39-42-45-48-56-49-51(58-53(55)47-44-41-37-15-12-9-6-3)50-57-52(54)46-43-40-38-35-33-31-29-23-21-19-17-14-11-8-5-2/h7,10,16-19,22-24,26-27,29-30,32,51H,4-6,8-9,11-15,20-21,25,28,31,33-50H2,1-3H3/b10-7-,18-16-,19-17-,24-22-,27-26-,29-23-,32-30-. The van der Waals surface area contributed by atoms with Gasteiger partial charge in [0.05, 0.1) is 6.61 Å². The molecule has 0 aliphatic carbocycles. The second-order valence-electron chi connectivity index (χ2n) is 15.6. The fraction of sp³-hybridized carbons (Fsp3) is 0.698. The smallest absolute Gasteiger partial charge is 0.306 e. The van der Waals surface area contributed by atoms with Gasteiger partial charge < -0.3 is 14.2 Å². The fourth-order valence-corrected chi connectivity index (χ4v) is 6.33. The summed E-state index contributed by atoms with van der Waals surface area (Å²) in [5, 5.41) is 0. The van der Waals surface area contributed by atoms with Gasteiger partial charge in [-0.3, -0.25) is 9.59 Å². The average Bonchev–Trinajstić information content (AvgIpc) is 3.22. The van der Waals surface area contributed by atoms with E-state index in [1.165, 1.54) is 77.0 Å². The number of allylic oxidation sites excluding steroid dienone is 14. The highest BCUT2D eigenvalue weighted by molar-refractivity contribution is 5.70. The number of carbonyl (C=O) groups is 2. The number of unbranched alkanes of at least 4 members (excludes halogenated alkanes) is 18. The maximum absolute atomic E-state index is 12.6. The highest BCUT2D eigenvalue weighted by Gasteiger charge is 2.17. The van der Waals surface area contributed by atoms with Crippen LogP contribution >= 0.6 is 0 Å². The zero-order chi connectivity index (χ0) is 42.1. The Labute approximate surface area is 359 Å². The first-order valence-corrected chi connectivity index (χ1v) is 24.1. The highest BCUT2D eigenvalue weighted by atomic mass is 16.6. The molecule has 0 rings (SSSR count). The summed E-state index contributed by atoms with van der Waals surface area (Å²) in [7, 11) is 0. The molecule has 58 heavy (non-hydrogen) atoms. The van der Waals surface area contributed by atoms with E-state index in [0.717, 1.165) is 103 Å². The zero-order valence-corrected chi connectivity index (χ0v) is 38.0. The normalized spacial score (nSPS) is 12.9. The van der Waals surface area contributed by atoms with Gasteiger partial charge >= 0.3 is 11.9 Å². The first-order chi connectivity index (χ1) is 28.6. The van der Waals surface area contributed by atoms with Gasteiger partial charge in [-0.05, 0) is 96.3 Å². The molecule has 0 aliphatic rings. The summed E-state index contributed by atoms with van der Waals surface area (Å²) >= 11 is 0. The summed E-state index contributed by atoms with van der Waals surface area (Å²) in [6, 6.07) is 0. The first-order valence-electron chi connectivity index (χ1n) is 24.1. The third-order valence-corrected chi connectivity index (χ3v) is 9.92. The molecule has 1 atom stereocenters. The van der Waals surface area contributed by atoms with E-state index < -0.39 is 6.10 Å². The number of hydrogen-bond acceptors (Lipinski definition) is 5. The molecule has 0 aromatic carbocycles. The van der Waals surface area contributed by atoms with Crippen LogP contribution in [0.3, 0.4) is 0 Å². The number of carbonyl (C=O) groups excluding carboxylic acids is 2. The van der Waals surface area contributed by atoms with Crippen LogP contribution in [0.25, 0.3) is 0 Å². The van der Waals surface area contributed by atoms with E-state index in [9.17, 15) is 9.59 Å². The van der Waals surface area contributed by atoms with Crippen molar-refractivity contribution in [1.29, 1.82) is 0 Å². The van der Waals surface area contributed by atoms with Gasteiger partial charge in [0, 0.05) is 19.4 Å². The molecule has 0 heterocycles. The van der Waals surface area contributed by atoms with Crippen molar-refractivity contribution >= 4 is 11.9 Å². The van der Waals surface area contributed by atoms with Crippen LogP contribution in [0, 0.1) is 0 Å². The number of esters is 2. The molecule has 0 spiro atoms. The van der Waals surface area contributed by atoms with Crippen LogP contribution in [0.2, 0.25) is 0 Å². The predicted octanol–water partition coefficient (Wildman–Crippen LogP) is 16.1. The van der Waals surface area contributed by atoms with Crippen molar-refractivity contribution in [2.45, 2.75) is 219 Å². The number of hydrogen-bond donors (Lipinski definition) is 0. The molecule has 0 aromatic heterocycles. The molecule has 5 heteroatoms. The SMILES string of the molecule is CC/C=C\C/C=C\C/C=C\C/C=C\C/C=C\CCCCCCOCC(COC(=O)CCCCCCC/C=C\C/C=C\CCCCC)OC(=O)CCCCCCCCC. The van der Waals surface area contributed by atoms with E-state index in [1.807, 2.05) is 0 Å². The van der Waals surface area contributed by atoms with Gasteiger partial charge in [-0.1, -0.05) is 189 Å². The number of rotatable bonds is 43. The molecule has 0 fully saturated rings. The molecule has 0 aromatic rings. The molecule has 0 N–H and O–H groups in total. The van der Waals surface area contributed by atoms with Crippen LogP contribution in [-0.2, 0) is 23.8 Å². The maximum atomic E-state index is 12.6. The molecule has 0 saturated carbocycles. The van der Waals surface area contributed by atoms with E-state index in [2.05, 4.69) is 106 Å². The largest absolute Gasteiger partial charge is 0.462 e. The lowest BCUT2D eigenvalue weighted by molar-refractivity contribution is -0.163. The predicted molar refractivity (Wildman–Crippen MR) is 251 cm³/mol. The lowest BCUT2D eigenvalue weighted by Gasteiger charge is -2.18. The van der Waals surface area contributed by atoms with Crippen LogP contribution in [0.1, 0.15) is 213 Å². The molecule has 1 unspecified atom stereocenters. The van der Waals surface area contributed by atoms with Crippen molar-refractivity contribution in [2.75, 3.05) is 19.8 Å². The van der Waals surface area contributed by atoms with Crippen LogP contribution in [-0.4, -0.2) is 37.9 Å². The molecule has 0 bridgehead atoms. The summed E-state index contributed by atoms with van der Waals surface area (Å²) < 4.78 is 17.3. The Morgan fingerprint density at radius 3 is 1.28 bits per heavy atom. The summed E-state index contributed by atoms with van der Waals surface area (Å²) in [5.41, 5.74) is 0. The van der Waals surface area contributed by atoms with E-state index in [1.54, 1.807) is 0 Å². The van der Waals surface area contributed by atoms with Gasteiger partial charge in [-0.25, -0.2) is 0 Å². The van der Waals surface area contributed by atoms with Crippen LogP contribution in [0.15, 0.2) is 85.1 Å². The summed E-state index contributed by atoms with van der Waals surface area (Å²) in [5.74, 6) is -0.437. The van der Waals surface area contributed by atoms with E-state index in [0.29, 0.717) is 19.4 Å². The topological polar surface area (TPSA) is 61.8 Å². The van der Waals surface area contributed by atoms with Gasteiger partial charge in [-0.2, -0.15) is 0 Å². The quantitative estimate of drug-likeness (QED) is 0.0349. The minimum absolute atomic E-state index is 0.0646. The Bertz CT molecular complexity index is 1090. The maximum Gasteiger partial charge on any atom is 0.306 e. The molecule has 5 nitrogen and oxygen atoms in total. The van der Waals surface area contributed by atoms with Crippen molar-refractivity contribution in [3.63, 3.8) is 0 Å². The van der Waals surface area contributed by atoms with Crippen molar-refractivity contribution in [3.8, 4) is 0 Å². The summed E-state index contributed by atoms with van der Waals surface area (Å²) in [6.07, 6.45) is 63.1. The summed E-state index contributed by atoms with van der Waals surface area (Å²) in [4.78, 5) is 25.2. The molecular formula is C53H90O5. The monoisotopic (exact) mass is 807 g/mol. The molecular weight excluding hydrogens is 717 g/mol. The van der Waals surface area contributed by atoms with E-state index >= 15 is 0 Å². The lowest BCUT2D eigenvalue weighted by atomic mass is 10.1. The number of ether oxygens (including phenoxy) is 3. The highest BCUT2D eigenvalue weighted by Crippen LogP contribution is 2.12. The third-order valence-electron chi connectivity index (χ3n) is 9.92. The Hall–Kier alpha value is -2.92. The lowest BCUT2D eigenvalue weighted by Crippen LogP contribution is -2.30. The summed E-state index contributed by atoms with van der Waals surface area (Å²) in [6.45, 7) is 7.57. The van der Waals surface area contributed by atoms with Gasteiger partial charge in [0.25, 0.3) is 0 Å². The van der Waals surface area contributed by atoms with E-state index in [4.69, 9.17) is 14.2 Å². The van der Waals surface area contributed by atoms with Crippen LogP contribution in [0.4, 0.5) is 0 Å². The molecule has 332 valence electrons.